The minimum absolute atomic E-state index is 0.127. The smallest absolute Gasteiger partial charge is 0.227 e. The summed E-state index contributed by atoms with van der Waals surface area (Å²) in [6, 6.07) is 8.08. The molecule has 1 aromatic carbocycles. The first-order chi connectivity index (χ1) is 13.5. The van der Waals surface area contributed by atoms with Gasteiger partial charge in [0.2, 0.25) is 5.91 Å². The molecule has 0 bridgehead atoms. The number of carbonyl (C=O) groups is 1. The molecule has 1 N–H and O–H groups in total. The van der Waals surface area contributed by atoms with Crippen LogP contribution in [0.15, 0.2) is 35.5 Å². The highest BCUT2D eigenvalue weighted by atomic mass is 16.5. The molecule has 0 fully saturated rings. The van der Waals surface area contributed by atoms with Crippen molar-refractivity contribution in [1.29, 1.82) is 0 Å². The number of rotatable bonds is 12. The van der Waals surface area contributed by atoms with Gasteiger partial charge in [-0.3, -0.25) is 4.79 Å². The molecule has 1 rings (SSSR count). The van der Waals surface area contributed by atoms with Gasteiger partial charge in [-0.25, -0.2) is 0 Å². The molecule has 160 valence electrons. The van der Waals surface area contributed by atoms with Gasteiger partial charge in [0.15, 0.2) is 0 Å². The summed E-state index contributed by atoms with van der Waals surface area (Å²) in [5.74, 6) is 1.18. The number of methoxy groups -OCH3 is 1. The second-order valence-electron chi connectivity index (χ2n) is 7.11. The van der Waals surface area contributed by atoms with Crippen molar-refractivity contribution in [3.63, 3.8) is 0 Å². The zero-order chi connectivity index (χ0) is 21.4. The summed E-state index contributed by atoms with van der Waals surface area (Å²) in [5, 5.41) is 3.27. The highest BCUT2D eigenvalue weighted by Gasteiger charge is 2.19. The van der Waals surface area contributed by atoms with E-state index in [1.807, 2.05) is 26.0 Å². The summed E-state index contributed by atoms with van der Waals surface area (Å²) in [6.45, 7) is 12.6. The Hall–Kier alpha value is -1.77. The van der Waals surface area contributed by atoms with Gasteiger partial charge < -0.3 is 10.1 Å². The van der Waals surface area contributed by atoms with E-state index >= 15 is 0 Å². The molecular formula is C25H43NO2. The van der Waals surface area contributed by atoms with E-state index < -0.39 is 0 Å². The highest BCUT2D eigenvalue weighted by Crippen LogP contribution is 2.20. The van der Waals surface area contributed by atoms with E-state index in [-0.39, 0.29) is 11.8 Å². The molecule has 0 aliphatic rings. The van der Waals surface area contributed by atoms with Gasteiger partial charge >= 0.3 is 0 Å². The Labute approximate surface area is 174 Å². The van der Waals surface area contributed by atoms with Gasteiger partial charge in [0.05, 0.1) is 7.11 Å². The molecule has 1 aromatic rings. The topological polar surface area (TPSA) is 38.3 Å². The summed E-state index contributed by atoms with van der Waals surface area (Å²) < 4.78 is 5.23. The molecule has 0 radical (unpaired) electrons. The molecule has 1 atom stereocenters. The van der Waals surface area contributed by atoms with E-state index in [2.05, 4.69) is 45.1 Å². The third-order valence-electron chi connectivity index (χ3n) is 5.02. The fourth-order valence-corrected chi connectivity index (χ4v) is 3.11. The lowest BCUT2D eigenvalue weighted by atomic mass is 9.95. The Bertz CT molecular complexity index is 560. The van der Waals surface area contributed by atoms with Crippen molar-refractivity contribution >= 4 is 5.91 Å². The Kier molecular flexibility index (Phi) is 15.2. The van der Waals surface area contributed by atoms with Crippen LogP contribution in [0.25, 0.3) is 0 Å². The first kappa shape index (κ1) is 26.2. The van der Waals surface area contributed by atoms with Gasteiger partial charge in [-0.1, -0.05) is 78.0 Å². The van der Waals surface area contributed by atoms with E-state index in [0.29, 0.717) is 0 Å². The predicted molar refractivity (Wildman–Crippen MR) is 122 cm³/mol. The van der Waals surface area contributed by atoms with Crippen LogP contribution >= 0.6 is 0 Å². The lowest BCUT2D eigenvalue weighted by molar-refractivity contribution is -0.124. The fraction of sp³-hybridized carbons (Fsp3) is 0.640. The van der Waals surface area contributed by atoms with Gasteiger partial charge in [-0.2, -0.15) is 0 Å². The van der Waals surface area contributed by atoms with Crippen molar-refractivity contribution in [2.24, 2.45) is 5.92 Å². The predicted octanol–water partition coefficient (Wildman–Crippen LogP) is 7.06. The molecule has 0 saturated carbocycles. The molecule has 28 heavy (non-hydrogen) atoms. The molecule has 0 saturated heterocycles. The molecular weight excluding hydrogens is 346 g/mol. The first-order valence-corrected chi connectivity index (χ1v) is 11.2. The molecule has 0 aromatic heterocycles. The van der Waals surface area contributed by atoms with Crippen LogP contribution in [0.2, 0.25) is 0 Å². The number of unbranched alkanes of at least 4 members (excludes halogenated alkanes) is 2. The summed E-state index contributed by atoms with van der Waals surface area (Å²) in [7, 11) is 1.67. The molecule has 0 heterocycles. The van der Waals surface area contributed by atoms with E-state index in [1.54, 1.807) is 7.11 Å². The SMILES string of the molecule is CC.CCCCCC(CCC)C(=O)N/C(Cc1ccc(OC)cc1)=C(\C)CC. The fourth-order valence-electron chi connectivity index (χ4n) is 3.11. The molecule has 0 spiro atoms. The lowest BCUT2D eigenvalue weighted by Gasteiger charge is -2.19. The molecule has 3 nitrogen and oxygen atoms in total. The Morgan fingerprint density at radius 2 is 1.64 bits per heavy atom. The summed E-state index contributed by atoms with van der Waals surface area (Å²) >= 11 is 0. The monoisotopic (exact) mass is 389 g/mol. The van der Waals surface area contributed by atoms with E-state index in [9.17, 15) is 4.79 Å². The average molecular weight is 390 g/mol. The minimum atomic E-state index is 0.127. The first-order valence-electron chi connectivity index (χ1n) is 11.2. The van der Waals surface area contributed by atoms with E-state index in [4.69, 9.17) is 4.74 Å². The number of amides is 1. The number of carbonyl (C=O) groups excluding carboxylic acids is 1. The van der Waals surface area contributed by atoms with E-state index in [1.165, 1.54) is 24.0 Å². The van der Waals surface area contributed by atoms with Gasteiger partial charge in [-0.05, 0) is 43.9 Å². The van der Waals surface area contributed by atoms with Gasteiger partial charge in [-0.15, -0.1) is 0 Å². The second-order valence-corrected chi connectivity index (χ2v) is 7.11. The standard InChI is InChI=1S/C23H37NO2.C2H6/c1-6-9-10-12-20(11-7-2)23(25)24-22(18(4)8-3)17-19-13-15-21(26-5)16-14-19;1-2/h13-16,20H,6-12,17H2,1-5H3,(H,24,25);1-2H3/b22-18+;. The summed E-state index contributed by atoms with van der Waals surface area (Å²) in [5.41, 5.74) is 3.49. The van der Waals surface area contributed by atoms with Crippen molar-refractivity contribution in [3.05, 3.63) is 41.1 Å². The average Bonchev–Trinajstić information content (AvgIpc) is 2.74. The molecule has 0 aliphatic heterocycles. The Morgan fingerprint density at radius 3 is 2.14 bits per heavy atom. The third-order valence-corrected chi connectivity index (χ3v) is 5.02. The zero-order valence-corrected chi connectivity index (χ0v) is 19.4. The maximum absolute atomic E-state index is 12.9. The number of hydrogen-bond donors (Lipinski definition) is 1. The lowest BCUT2D eigenvalue weighted by Crippen LogP contribution is -2.31. The molecule has 0 aliphatic carbocycles. The number of allylic oxidation sites excluding steroid dienone is 2. The van der Waals surface area contributed by atoms with Crippen molar-refractivity contribution < 1.29 is 9.53 Å². The molecule has 1 unspecified atom stereocenters. The maximum Gasteiger partial charge on any atom is 0.227 e. The largest absolute Gasteiger partial charge is 0.497 e. The van der Waals surface area contributed by atoms with Gasteiger partial charge in [0.25, 0.3) is 0 Å². The number of hydrogen-bond acceptors (Lipinski definition) is 2. The Balaban J connectivity index is 0.00000352. The van der Waals surface area contributed by atoms with Crippen LogP contribution in [0.4, 0.5) is 0 Å². The quantitative estimate of drug-likeness (QED) is 0.389. The molecule has 3 heteroatoms. The van der Waals surface area contributed by atoms with Crippen molar-refractivity contribution in [1.82, 2.24) is 5.32 Å². The van der Waals surface area contributed by atoms with Crippen molar-refractivity contribution in [3.8, 4) is 5.75 Å². The highest BCUT2D eigenvalue weighted by molar-refractivity contribution is 5.80. The number of benzene rings is 1. The molecule has 1 amide bonds. The van der Waals surface area contributed by atoms with Crippen LogP contribution in [0.3, 0.4) is 0 Å². The summed E-state index contributed by atoms with van der Waals surface area (Å²) in [6.07, 6.45) is 8.25. The van der Waals surface area contributed by atoms with Crippen LogP contribution in [-0.2, 0) is 11.2 Å². The van der Waals surface area contributed by atoms with Gasteiger partial charge in [0.1, 0.15) is 5.75 Å². The van der Waals surface area contributed by atoms with Crippen LogP contribution in [0.1, 0.15) is 92.1 Å². The van der Waals surface area contributed by atoms with Gasteiger partial charge in [0, 0.05) is 18.0 Å². The zero-order valence-electron chi connectivity index (χ0n) is 19.4. The third kappa shape index (κ3) is 9.96. The second kappa shape index (κ2) is 16.2. The Morgan fingerprint density at radius 1 is 1.00 bits per heavy atom. The van der Waals surface area contributed by atoms with Crippen LogP contribution < -0.4 is 10.1 Å². The van der Waals surface area contributed by atoms with Crippen LogP contribution in [0, 0.1) is 5.92 Å². The summed E-state index contributed by atoms with van der Waals surface area (Å²) in [4.78, 5) is 12.9. The number of nitrogens with one attached hydrogen (secondary N) is 1. The minimum Gasteiger partial charge on any atom is -0.497 e. The van der Waals surface area contributed by atoms with Crippen molar-refractivity contribution in [2.45, 2.75) is 92.9 Å². The van der Waals surface area contributed by atoms with Crippen molar-refractivity contribution in [2.75, 3.05) is 7.11 Å². The normalized spacial score (nSPS) is 12.4. The number of ether oxygens (including phenoxy) is 1. The maximum atomic E-state index is 12.9. The van der Waals surface area contributed by atoms with E-state index in [0.717, 1.165) is 50.0 Å². The van der Waals surface area contributed by atoms with Crippen LogP contribution in [0.5, 0.6) is 5.75 Å². The van der Waals surface area contributed by atoms with Crippen LogP contribution in [-0.4, -0.2) is 13.0 Å².